The molecule has 1 aliphatic carbocycles. The highest BCUT2D eigenvalue weighted by atomic mass is 16.6. The molecule has 3 rings (SSSR count). The van der Waals surface area contributed by atoms with Crippen LogP contribution in [0.5, 0.6) is 0 Å². The van der Waals surface area contributed by atoms with Gasteiger partial charge in [0, 0.05) is 23.7 Å². The lowest BCUT2D eigenvalue weighted by molar-refractivity contribution is -0.115. The fourth-order valence-corrected chi connectivity index (χ4v) is 3.24. The van der Waals surface area contributed by atoms with Crippen molar-refractivity contribution in [3.05, 3.63) is 29.6 Å². The van der Waals surface area contributed by atoms with Gasteiger partial charge in [-0.15, -0.1) is 0 Å². The van der Waals surface area contributed by atoms with Gasteiger partial charge in [0.25, 0.3) is 0 Å². The summed E-state index contributed by atoms with van der Waals surface area (Å²) >= 11 is 0. The van der Waals surface area contributed by atoms with E-state index in [1.807, 2.05) is 19.9 Å². The largest absolute Gasteiger partial charge is 0.446 e. The van der Waals surface area contributed by atoms with Crippen LogP contribution < -0.4 is 10.6 Å². The van der Waals surface area contributed by atoms with Gasteiger partial charge in [0.15, 0.2) is 5.82 Å². The van der Waals surface area contributed by atoms with E-state index < -0.39 is 0 Å². The van der Waals surface area contributed by atoms with E-state index in [0.717, 1.165) is 31.4 Å². The third kappa shape index (κ3) is 5.34. The Morgan fingerprint density at radius 3 is 2.96 bits per heavy atom. The summed E-state index contributed by atoms with van der Waals surface area (Å²) in [4.78, 5) is 28.0. The Labute approximate surface area is 163 Å². The Kier molecular flexibility index (Phi) is 6.33. The second-order valence-electron chi connectivity index (χ2n) is 7.29. The summed E-state index contributed by atoms with van der Waals surface area (Å²) in [6, 6.07) is 1.93. The average molecular weight is 389 g/mol. The molecule has 0 bridgehead atoms. The van der Waals surface area contributed by atoms with E-state index in [0.29, 0.717) is 17.5 Å². The normalized spacial score (nSPS) is 20.0. The smallest absolute Gasteiger partial charge is 0.407 e. The average Bonchev–Trinajstić information content (AvgIpc) is 3.36. The van der Waals surface area contributed by atoms with Crippen LogP contribution in [0, 0.1) is 6.92 Å². The molecule has 2 heterocycles. The number of alkyl carbamates (subject to hydrolysis) is 1. The van der Waals surface area contributed by atoms with Gasteiger partial charge < -0.3 is 19.8 Å². The molecule has 2 aromatic rings. The van der Waals surface area contributed by atoms with Crippen molar-refractivity contribution < 1.29 is 18.7 Å². The van der Waals surface area contributed by atoms with E-state index in [2.05, 4.69) is 25.8 Å². The standard InChI is InChI=1S/C19H27N5O4/c1-4-11(2)21-19(26)28-14-6-5-13(7-14)15-8-16(24-23-15)22-17(25)9-18-20-10-12(3)27-18/h8,10-11,13-14H,4-7,9H2,1-3H3,(H,21,26)(H2,22,23,24,25)/t11-,13-,14+/m0/s1. The topological polar surface area (TPSA) is 122 Å². The third-order valence-electron chi connectivity index (χ3n) is 4.92. The maximum atomic E-state index is 12.1. The van der Waals surface area contributed by atoms with Gasteiger partial charge in [-0.3, -0.25) is 9.89 Å². The van der Waals surface area contributed by atoms with Crippen molar-refractivity contribution in [1.82, 2.24) is 20.5 Å². The SMILES string of the molecule is CC[C@H](C)NC(=O)O[C@@H]1CC[C@H](c2cc(NC(=O)Cc3ncc(C)o3)n[nH]2)C1. The van der Waals surface area contributed by atoms with Crippen LogP contribution in [-0.4, -0.2) is 39.3 Å². The molecule has 2 aromatic heterocycles. The number of carbonyl (C=O) groups is 2. The molecule has 3 N–H and O–H groups in total. The molecule has 0 unspecified atom stereocenters. The number of aryl methyl sites for hydroxylation is 1. The Morgan fingerprint density at radius 1 is 1.43 bits per heavy atom. The minimum Gasteiger partial charge on any atom is -0.446 e. The van der Waals surface area contributed by atoms with Gasteiger partial charge in [0.1, 0.15) is 18.3 Å². The highest BCUT2D eigenvalue weighted by molar-refractivity contribution is 5.90. The molecular weight excluding hydrogens is 362 g/mol. The fraction of sp³-hybridized carbons (Fsp3) is 0.579. The van der Waals surface area contributed by atoms with Gasteiger partial charge in [-0.25, -0.2) is 9.78 Å². The zero-order chi connectivity index (χ0) is 20.1. The van der Waals surface area contributed by atoms with Crippen LogP contribution in [0.25, 0.3) is 0 Å². The van der Waals surface area contributed by atoms with Crippen LogP contribution in [0.2, 0.25) is 0 Å². The summed E-state index contributed by atoms with van der Waals surface area (Å²) in [5.74, 6) is 1.48. The van der Waals surface area contributed by atoms with Crippen molar-refractivity contribution in [2.45, 2.75) is 70.9 Å². The minimum absolute atomic E-state index is 0.0562. The van der Waals surface area contributed by atoms with Gasteiger partial charge in [-0.1, -0.05) is 6.92 Å². The highest BCUT2D eigenvalue weighted by Gasteiger charge is 2.30. The number of amides is 2. The highest BCUT2D eigenvalue weighted by Crippen LogP contribution is 2.35. The molecule has 0 saturated heterocycles. The molecule has 9 heteroatoms. The first kappa shape index (κ1) is 19.9. The number of nitrogens with one attached hydrogen (secondary N) is 3. The van der Waals surface area contributed by atoms with Gasteiger partial charge in [0.2, 0.25) is 11.8 Å². The van der Waals surface area contributed by atoms with E-state index in [1.165, 1.54) is 0 Å². The van der Waals surface area contributed by atoms with Crippen LogP contribution in [-0.2, 0) is 16.0 Å². The summed E-state index contributed by atoms with van der Waals surface area (Å²) < 4.78 is 10.8. The molecule has 0 spiro atoms. The number of oxazole rings is 1. The van der Waals surface area contributed by atoms with E-state index in [4.69, 9.17) is 9.15 Å². The van der Waals surface area contributed by atoms with Crippen molar-refractivity contribution in [3.63, 3.8) is 0 Å². The van der Waals surface area contributed by atoms with Crippen molar-refractivity contribution in [2.75, 3.05) is 5.32 Å². The van der Waals surface area contributed by atoms with Crippen LogP contribution in [0.4, 0.5) is 10.6 Å². The number of hydrogen-bond donors (Lipinski definition) is 3. The molecule has 1 saturated carbocycles. The lowest BCUT2D eigenvalue weighted by Crippen LogP contribution is -2.34. The maximum absolute atomic E-state index is 12.1. The second-order valence-corrected chi connectivity index (χ2v) is 7.29. The Hall–Kier alpha value is -2.84. The quantitative estimate of drug-likeness (QED) is 0.669. The number of rotatable bonds is 7. The number of nitrogens with zero attached hydrogens (tertiary/aromatic N) is 2. The maximum Gasteiger partial charge on any atom is 0.407 e. The first-order valence-corrected chi connectivity index (χ1v) is 9.66. The molecule has 1 aliphatic rings. The molecule has 28 heavy (non-hydrogen) atoms. The summed E-state index contributed by atoms with van der Waals surface area (Å²) in [6.45, 7) is 5.74. The summed E-state index contributed by atoms with van der Waals surface area (Å²) in [6.07, 6.45) is 4.47. The van der Waals surface area contributed by atoms with Crippen molar-refractivity contribution in [3.8, 4) is 0 Å². The molecule has 152 valence electrons. The fourth-order valence-electron chi connectivity index (χ4n) is 3.24. The van der Waals surface area contributed by atoms with E-state index >= 15 is 0 Å². The van der Waals surface area contributed by atoms with Gasteiger partial charge in [-0.05, 0) is 39.5 Å². The van der Waals surface area contributed by atoms with Gasteiger partial charge >= 0.3 is 6.09 Å². The lowest BCUT2D eigenvalue weighted by Gasteiger charge is -2.16. The summed E-state index contributed by atoms with van der Waals surface area (Å²) in [5.41, 5.74) is 0.927. The predicted molar refractivity (Wildman–Crippen MR) is 102 cm³/mol. The number of aromatic amines is 1. The van der Waals surface area contributed by atoms with Gasteiger partial charge in [0.05, 0.1) is 6.20 Å². The number of H-pyrrole nitrogens is 1. The zero-order valence-corrected chi connectivity index (χ0v) is 16.4. The van der Waals surface area contributed by atoms with Crippen molar-refractivity contribution in [1.29, 1.82) is 0 Å². The summed E-state index contributed by atoms with van der Waals surface area (Å²) in [5, 5.41) is 12.7. The van der Waals surface area contributed by atoms with E-state index in [-0.39, 0.29) is 36.5 Å². The Morgan fingerprint density at radius 2 is 2.25 bits per heavy atom. The molecule has 3 atom stereocenters. The zero-order valence-electron chi connectivity index (χ0n) is 16.4. The monoisotopic (exact) mass is 389 g/mol. The first-order chi connectivity index (χ1) is 13.4. The Balaban J connectivity index is 1.47. The molecule has 1 fully saturated rings. The van der Waals surface area contributed by atoms with Crippen LogP contribution in [0.15, 0.2) is 16.7 Å². The van der Waals surface area contributed by atoms with Crippen LogP contribution in [0.1, 0.15) is 62.8 Å². The molecule has 0 aromatic carbocycles. The second kappa shape index (κ2) is 8.90. The molecule has 0 radical (unpaired) electrons. The van der Waals surface area contributed by atoms with Crippen LogP contribution >= 0.6 is 0 Å². The number of carbonyl (C=O) groups excluding carboxylic acids is 2. The van der Waals surface area contributed by atoms with E-state index in [1.54, 1.807) is 13.1 Å². The molecule has 0 aliphatic heterocycles. The Bertz CT molecular complexity index is 815. The third-order valence-corrected chi connectivity index (χ3v) is 4.92. The van der Waals surface area contributed by atoms with E-state index in [9.17, 15) is 9.59 Å². The lowest BCUT2D eigenvalue weighted by atomic mass is 10.0. The first-order valence-electron chi connectivity index (χ1n) is 9.66. The van der Waals surface area contributed by atoms with Gasteiger partial charge in [-0.2, -0.15) is 5.10 Å². The molecule has 2 amide bonds. The van der Waals surface area contributed by atoms with Crippen LogP contribution in [0.3, 0.4) is 0 Å². The minimum atomic E-state index is -0.362. The number of hydrogen-bond acceptors (Lipinski definition) is 6. The molecular formula is C19H27N5O4. The molecule has 9 nitrogen and oxygen atoms in total. The predicted octanol–water partition coefficient (Wildman–Crippen LogP) is 3.05. The number of anilines is 1. The number of ether oxygens (including phenoxy) is 1. The van der Waals surface area contributed by atoms with Crippen molar-refractivity contribution >= 4 is 17.8 Å². The number of aromatic nitrogens is 3. The summed E-state index contributed by atoms with van der Waals surface area (Å²) in [7, 11) is 0. The van der Waals surface area contributed by atoms with Crippen molar-refractivity contribution in [2.24, 2.45) is 0 Å².